The van der Waals surface area contributed by atoms with Gasteiger partial charge in [-0.3, -0.25) is 4.79 Å². The number of amides is 1. The maximum Gasteiger partial charge on any atom is 0.221 e. The molecule has 1 saturated carbocycles. The van der Waals surface area contributed by atoms with Gasteiger partial charge >= 0.3 is 0 Å². The summed E-state index contributed by atoms with van der Waals surface area (Å²) in [5, 5.41) is 6.48. The molecule has 2 N–H and O–H groups in total. The number of carbonyl (C=O) groups excluding carboxylic acids is 1. The fourth-order valence-electron chi connectivity index (χ4n) is 2.75. The van der Waals surface area contributed by atoms with Gasteiger partial charge < -0.3 is 10.6 Å². The first kappa shape index (κ1) is 14.5. The summed E-state index contributed by atoms with van der Waals surface area (Å²) in [6, 6.07) is 0.663. The van der Waals surface area contributed by atoms with Crippen molar-refractivity contribution in [3.63, 3.8) is 0 Å². The van der Waals surface area contributed by atoms with Gasteiger partial charge in [-0.2, -0.15) is 0 Å². The lowest BCUT2D eigenvalue weighted by atomic mass is 9.78. The second-order valence-electron chi connectivity index (χ2n) is 5.60. The maximum absolute atomic E-state index is 11.9. The third kappa shape index (κ3) is 4.66. The first-order valence-corrected chi connectivity index (χ1v) is 7.07. The van der Waals surface area contributed by atoms with Crippen LogP contribution in [0, 0.1) is 11.8 Å². The molecule has 0 radical (unpaired) electrons. The van der Waals surface area contributed by atoms with E-state index in [2.05, 4.69) is 38.3 Å². The number of rotatable bonds is 5. The van der Waals surface area contributed by atoms with Crippen LogP contribution in [0.3, 0.4) is 0 Å². The minimum atomic E-state index is 0.199. The van der Waals surface area contributed by atoms with Crippen LogP contribution in [0.4, 0.5) is 0 Å². The molecule has 0 aromatic carbocycles. The zero-order chi connectivity index (χ0) is 12.8. The normalized spacial score (nSPS) is 30.9. The molecule has 0 spiro atoms. The van der Waals surface area contributed by atoms with Gasteiger partial charge in [0.05, 0.1) is 0 Å². The number of carbonyl (C=O) groups is 1. The number of hydrogen-bond donors (Lipinski definition) is 2. The topological polar surface area (TPSA) is 41.1 Å². The van der Waals surface area contributed by atoms with Crippen LogP contribution in [0.5, 0.6) is 0 Å². The molecule has 17 heavy (non-hydrogen) atoms. The molecule has 0 aliphatic heterocycles. The average molecular weight is 240 g/mol. The van der Waals surface area contributed by atoms with Crippen LogP contribution >= 0.6 is 0 Å². The summed E-state index contributed by atoms with van der Waals surface area (Å²) in [4.78, 5) is 11.9. The zero-order valence-corrected chi connectivity index (χ0v) is 11.8. The summed E-state index contributed by atoms with van der Waals surface area (Å²) < 4.78 is 0. The quantitative estimate of drug-likeness (QED) is 0.774. The highest BCUT2D eigenvalue weighted by molar-refractivity contribution is 5.76. The Bertz CT molecular complexity index is 242. The van der Waals surface area contributed by atoms with Gasteiger partial charge in [-0.05, 0) is 31.7 Å². The van der Waals surface area contributed by atoms with E-state index in [1.54, 1.807) is 0 Å². The van der Waals surface area contributed by atoms with Crippen LogP contribution in [0.2, 0.25) is 0 Å². The molecule has 1 aliphatic carbocycles. The largest absolute Gasteiger partial charge is 0.353 e. The summed E-state index contributed by atoms with van der Waals surface area (Å²) in [6.07, 6.45) is 4.29. The van der Waals surface area contributed by atoms with Crippen LogP contribution in [-0.2, 0) is 4.79 Å². The van der Waals surface area contributed by atoms with E-state index in [0.717, 1.165) is 18.9 Å². The molecule has 3 heteroatoms. The minimum Gasteiger partial charge on any atom is -0.353 e. The van der Waals surface area contributed by atoms with Crippen molar-refractivity contribution in [2.24, 2.45) is 11.8 Å². The van der Waals surface area contributed by atoms with Crippen LogP contribution in [0.15, 0.2) is 0 Å². The predicted octanol–water partition coefficient (Wildman–Crippen LogP) is 2.32. The Labute approximate surface area is 106 Å². The highest BCUT2D eigenvalue weighted by Crippen LogP contribution is 2.29. The van der Waals surface area contributed by atoms with Crippen molar-refractivity contribution >= 4 is 5.91 Å². The molecule has 4 unspecified atom stereocenters. The SMILES string of the molecule is CCNC(C)CC(=O)NC1CCCC(C)C1C. The highest BCUT2D eigenvalue weighted by Gasteiger charge is 2.28. The molecule has 1 rings (SSSR count). The number of nitrogens with one attached hydrogen (secondary N) is 2. The minimum absolute atomic E-state index is 0.199. The molecular formula is C14H28N2O. The lowest BCUT2D eigenvalue weighted by molar-refractivity contribution is -0.122. The van der Waals surface area contributed by atoms with E-state index in [4.69, 9.17) is 0 Å². The predicted molar refractivity (Wildman–Crippen MR) is 71.9 cm³/mol. The van der Waals surface area contributed by atoms with Crippen LogP contribution in [0.1, 0.15) is 53.4 Å². The van der Waals surface area contributed by atoms with E-state index >= 15 is 0 Å². The van der Waals surface area contributed by atoms with E-state index in [9.17, 15) is 4.79 Å². The van der Waals surface area contributed by atoms with Gasteiger partial charge in [0.15, 0.2) is 0 Å². The second kappa shape index (κ2) is 7.00. The Morgan fingerprint density at radius 2 is 2.06 bits per heavy atom. The van der Waals surface area contributed by atoms with E-state index < -0.39 is 0 Å². The summed E-state index contributed by atoms with van der Waals surface area (Å²) in [6.45, 7) is 9.62. The van der Waals surface area contributed by atoms with Crippen LogP contribution in [0.25, 0.3) is 0 Å². The zero-order valence-electron chi connectivity index (χ0n) is 11.8. The van der Waals surface area contributed by atoms with Gasteiger partial charge in [0, 0.05) is 18.5 Å². The Morgan fingerprint density at radius 1 is 1.35 bits per heavy atom. The summed E-state index contributed by atoms with van der Waals surface area (Å²) in [7, 11) is 0. The molecule has 1 fully saturated rings. The molecule has 0 heterocycles. The summed E-state index contributed by atoms with van der Waals surface area (Å²) in [5.41, 5.74) is 0. The lowest BCUT2D eigenvalue weighted by Gasteiger charge is -2.34. The van der Waals surface area contributed by atoms with E-state index in [1.165, 1.54) is 12.8 Å². The molecule has 0 saturated heterocycles. The Morgan fingerprint density at radius 3 is 2.71 bits per heavy atom. The lowest BCUT2D eigenvalue weighted by Crippen LogP contribution is -2.45. The molecule has 0 bridgehead atoms. The smallest absolute Gasteiger partial charge is 0.221 e. The van der Waals surface area contributed by atoms with Crippen molar-refractivity contribution in [1.82, 2.24) is 10.6 Å². The Balaban J connectivity index is 2.34. The van der Waals surface area contributed by atoms with Gasteiger partial charge in [0.25, 0.3) is 0 Å². The molecule has 0 aromatic heterocycles. The Kier molecular flexibility index (Phi) is 5.96. The van der Waals surface area contributed by atoms with Crippen molar-refractivity contribution < 1.29 is 4.79 Å². The standard InChI is InChI=1S/C14H28N2O/c1-5-15-11(3)9-14(17)16-13-8-6-7-10(2)12(13)4/h10-13,15H,5-9H2,1-4H3,(H,16,17). The first-order valence-electron chi connectivity index (χ1n) is 7.07. The van der Waals surface area contributed by atoms with Gasteiger partial charge in [0.1, 0.15) is 0 Å². The molecule has 4 atom stereocenters. The van der Waals surface area contributed by atoms with Crippen molar-refractivity contribution in [1.29, 1.82) is 0 Å². The van der Waals surface area contributed by atoms with Crippen molar-refractivity contribution in [2.45, 2.75) is 65.5 Å². The van der Waals surface area contributed by atoms with E-state index in [0.29, 0.717) is 18.4 Å². The monoisotopic (exact) mass is 240 g/mol. The van der Waals surface area contributed by atoms with Crippen molar-refractivity contribution in [2.75, 3.05) is 6.54 Å². The van der Waals surface area contributed by atoms with Crippen LogP contribution < -0.4 is 10.6 Å². The van der Waals surface area contributed by atoms with E-state index in [1.807, 2.05) is 0 Å². The summed E-state index contributed by atoms with van der Waals surface area (Å²) >= 11 is 0. The third-order valence-corrected chi connectivity index (χ3v) is 4.10. The highest BCUT2D eigenvalue weighted by atomic mass is 16.1. The van der Waals surface area contributed by atoms with Gasteiger partial charge in [-0.25, -0.2) is 0 Å². The van der Waals surface area contributed by atoms with E-state index in [-0.39, 0.29) is 11.9 Å². The third-order valence-electron chi connectivity index (χ3n) is 4.10. The van der Waals surface area contributed by atoms with Crippen molar-refractivity contribution in [3.8, 4) is 0 Å². The molecule has 1 aliphatic rings. The molecular weight excluding hydrogens is 212 g/mol. The maximum atomic E-state index is 11.9. The average Bonchev–Trinajstić information content (AvgIpc) is 2.25. The van der Waals surface area contributed by atoms with Crippen molar-refractivity contribution in [3.05, 3.63) is 0 Å². The molecule has 100 valence electrons. The number of hydrogen-bond acceptors (Lipinski definition) is 2. The fourth-order valence-corrected chi connectivity index (χ4v) is 2.75. The fraction of sp³-hybridized carbons (Fsp3) is 0.929. The van der Waals surface area contributed by atoms with Crippen LogP contribution in [-0.4, -0.2) is 24.5 Å². The molecule has 1 amide bonds. The van der Waals surface area contributed by atoms with Gasteiger partial charge in [-0.15, -0.1) is 0 Å². The molecule has 3 nitrogen and oxygen atoms in total. The second-order valence-corrected chi connectivity index (χ2v) is 5.60. The van der Waals surface area contributed by atoms with Gasteiger partial charge in [-0.1, -0.05) is 33.6 Å². The first-order chi connectivity index (χ1) is 8.04. The summed E-state index contributed by atoms with van der Waals surface area (Å²) in [5.74, 6) is 1.55. The molecule has 0 aromatic rings. The van der Waals surface area contributed by atoms with Gasteiger partial charge in [0.2, 0.25) is 5.91 Å². The Hall–Kier alpha value is -0.570.